The van der Waals surface area contributed by atoms with Crippen LogP contribution in [0.1, 0.15) is 21.5 Å². The van der Waals surface area contributed by atoms with Gasteiger partial charge in [0.1, 0.15) is 0 Å². The molecule has 0 bridgehead atoms. The summed E-state index contributed by atoms with van der Waals surface area (Å²) in [7, 11) is 1.49. The van der Waals surface area contributed by atoms with Crippen LogP contribution >= 0.6 is 35.6 Å². The molecule has 0 spiro atoms. The van der Waals surface area contributed by atoms with Gasteiger partial charge in [-0.3, -0.25) is 9.69 Å². The Morgan fingerprint density at radius 3 is 2.58 bits per heavy atom. The smallest absolute Gasteiger partial charge is 0.343 e. The standard InChI is InChI=1S/C25H18ClNO4S2/c1-15-5-3-6-17(11-15)24(29)31-20-10-9-16(12-21(20)30-2)13-22-23(28)27(25(32)33-22)19-8-4-7-18(26)14-19/h3-14H,1-2H3/b22-13+. The van der Waals surface area contributed by atoms with Gasteiger partial charge in [-0.1, -0.05) is 65.4 Å². The summed E-state index contributed by atoms with van der Waals surface area (Å²) >= 11 is 12.7. The van der Waals surface area contributed by atoms with E-state index < -0.39 is 5.97 Å². The van der Waals surface area contributed by atoms with Gasteiger partial charge in [0.25, 0.3) is 5.91 Å². The largest absolute Gasteiger partial charge is 0.493 e. The molecule has 0 unspecified atom stereocenters. The molecule has 1 heterocycles. The van der Waals surface area contributed by atoms with Crippen molar-refractivity contribution < 1.29 is 19.1 Å². The molecule has 1 aliphatic heterocycles. The lowest BCUT2D eigenvalue weighted by molar-refractivity contribution is -0.113. The number of aryl methyl sites for hydroxylation is 1. The van der Waals surface area contributed by atoms with Gasteiger partial charge in [0.2, 0.25) is 0 Å². The average molecular weight is 496 g/mol. The number of methoxy groups -OCH3 is 1. The number of rotatable bonds is 5. The van der Waals surface area contributed by atoms with Crippen LogP contribution in [0.2, 0.25) is 5.02 Å². The number of hydrogen-bond donors (Lipinski definition) is 0. The summed E-state index contributed by atoms with van der Waals surface area (Å²) < 4.78 is 11.4. The van der Waals surface area contributed by atoms with Gasteiger partial charge >= 0.3 is 5.97 Å². The van der Waals surface area contributed by atoms with Gasteiger partial charge in [-0.25, -0.2) is 4.79 Å². The molecule has 3 aromatic rings. The SMILES string of the molecule is COc1cc(/C=C2/SC(=S)N(c3cccc(Cl)c3)C2=O)ccc1OC(=O)c1cccc(C)c1. The minimum absolute atomic E-state index is 0.235. The van der Waals surface area contributed by atoms with Crippen molar-refractivity contribution in [1.29, 1.82) is 0 Å². The Morgan fingerprint density at radius 1 is 1.06 bits per heavy atom. The van der Waals surface area contributed by atoms with Crippen molar-refractivity contribution in [2.24, 2.45) is 0 Å². The van der Waals surface area contributed by atoms with Gasteiger partial charge in [0, 0.05) is 5.02 Å². The van der Waals surface area contributed by atoms with E-state index in [2.05, 4.69) is 0 Å². The first-order valence-corrected chi connectivity index (χ1v) is 11.5. The number of carbonyl (C=O) groups excluding carboxylic acids is 2. The summed E-state index contributed by atoms with van der Waals surface area (Å²) in [4.78, 5) is 27.4. The maximum absolute atomic E-state index is 13.0. The minimum atomic E-state index is -0.479. The Labute approximate surface area is 205 Å². The molecule has 5 nitrogen and oxygen atoms in total. The van der Waals surface area contributed by atoms with Crippen molar-refractivity contribution in [2.45, 2.75) is 6.92 Å². The molecule has 0 N–H and O–H groups in total. The van der Waals surface area contributed by atoms with Gasteiger partial charge in [-0.2, -0.15) is 0 Å². The van der Waals surface area contributed by atoms with Gasteiger partial charge in [0.05, 0.1) is 23.3 Å². The Bertz CT molecular complexity index is 1310. The molecule has 0 saturated carbocycles. The lowest BCUT2D eigenvalue weighted by Gasteiger charge is -2.14. The number of thiocarbonyl (C=S) groups is 1. The van der Waals surface area contributed by atoms with E-state index in [0.717, 1.165) is 5.56 Å². The highest BCUT2D eigenvalue weighted by Gasteiger charge is 2.33. The molecule has 0 radical (unpaired) electrons. The van der Waals surface area contributed by atoms with E-state index in [1.807, 2.05) is 13.0 Å². The predicted octanol–water partition coefficient (Wildman–Crippen LogP) is 6.28. The van der Waals surface area contributed by atoms with E-state index in [0.29, 0.717) is 36.8 Å². The number of benzene rings is 3. The second kappa shape index (κ2) is 9.79. The quantitative estimate of drug-likeness (QED) is 0.180. The Balaban J connectivity index is 1.57. The summed E-state index contributed by atoms with van der Waals surface area (Å²) in [5, 5.41) is 0.520. The van der Waals surface area contributed by atoms with Crippen molar-refractivity contribution >= 4 is 63.5 Å². The van der Waals surface area contributed by atoms with Crippen LogP contribution in [0, 0.1) is 6.92 Å². The third-order valence-corrected chi connectivity index (χ3v) is 6.34. The summed E-state index contributed by atoms with van der Waals surface area (Å²) in [5.74, 6) is -0.0592. The fourth-order valence-corrected chi connectivity index (χ4v) is 4.73. The lowest BCUT2D eigenvalue weighted by atomic mass is 10.1. The first-order chi connectivity index (χ1) is 15.9. The fraction of sp³-hybridized carbons (Fsp3) is 0.0800. The van der Waals surface area contributed by atoms with E-state index >= 15 is 0 Å². The molecule has 0 atom stereocenters. The van der Waals surface area contributed by atoms with Crippen LogP contribution in [0.5, 0.6) is 11.5 Å². The molecular weight excluding hydrogens is 478 g/mol. The van der Waals surface area contributed by atoms with Crippen LogP contribution < -0.4 is 14.4 Å². The molecule has 1 saturated heterocycles. The highest BCUT2D eigenvalue weighted by atomic mass is 35.5. The zero-order valence-electron chi connectivity index (χ0n) is 17.7. The second-order valence-electron chi connectivity index (χ2n) is 7.17. The van der Waals surface area contributed by atoms with Crippen molar-refractivity contribution in [3.8, 4) is 11.5 Å². The fourth-order valence-electron chi connectivity index (χ4n) is 3.25. The third kappa shape index (κ3) is 5.11. The van der Waals surface area contributed by atoms with Gasteiger partial charge in [0.15, 0.2) is 15.8 Å². The number of thioether (sulfide) groups is 1. The van der Waals surface area contributed by atoms with Gasteiger partial charge in [-0.15, -0.1) is 0 Å². The first kappa shape index (κ1) is 23.0. The molecule has 1 aliphatic rings. The highest BCUT2D eigenvalue weighted by molar-refractivity contribution is 8.27. The molecule has 1 amide bonds. The number of amides is 1. The van der Waals surface area contributed by atoms with Gasteiger partial charge < -0.3 is 9.47 Å². The Morgan fingerprint density at radius 2 is 1.85 bits per heavy atom. The predicted molar refractivity (Wildman–Crippen MR) is 136 cm³/mol. The third-order valence-electron chi connectivity index (χ3n) is 4.80. The topological polar surface area (TPSA) is 55.8 Å². The Kier molecular flexibility index (Phi) is 6.83. The summed E-state index contributed by atoms with van der Waals surface area (Å²) in [6.07, 6.45) is 1.72. The number of hydrogen-bond acceptors (Lipinski definition) is 6. The van der Waals surface area contributed by atoms with Crippen LogP contribution in [0.25, 0.3) is 6.08 Å². The van der Waals surface area contributed by atoms with Crippen LogP contribution in [-0.2, 0) is 4.79 Å². The van der Waals surface area contributed by atoms with Gasteiger partial charge in [-0.05, 0) is 61.0 Å². The molecule has 0 aliphatic carbocycles. The number of esters is 1. The molecular formula is C25H18ClNO4S2. The highest BCUT2D eigenvalue weighted by Crippen LogP contribution is 2.38. The molecule has 1 fully saturated rings. The second-order valence-corrected chi connectivity index (χ2v) is 9.28. The van der Waals surface area contributed by atoms with E-state index in [9.17, 15) is 9.59 Å². The normalized spacial score (nSPS) is 14.6. The molecule has 3 aromatic carbocycles. The zero-order chi connectivity index (χ0) is 23.5. The first-order valence-electron chi connectivity index (χ1n) is 9.86. The summed E-state index contributed by atoms with van der Waals surface area (Å²) in [6.45, 7) is 1.90. The molecule has 33 heavy (non-hydrogen) atoms. The van der Waals surface area contributed by atoms with Crippen LogP contribution in [-0.4, -0.2) is 23.3 Å². The van der Waals surface area contributed by atoms with E-state index in [-0.39, 0.29) is 11.7 Å². The van der Waals surface area contributed by atoms with Crippen molar-refractivity contribution in [3.05, 3.63) is 93.3 Å². The Hall–Kier alpha value is -3.13. The van der Waals surface area contributed by atoms with E-state index in [1.165, 1.54) is 23.8 Å². The van der Waals surface area contributed by atoms with Crippen LogP contribution in [0.15, 0.2) is 71.6 Å². The zero-order valence-corrected chi connectivity index (χ0v) is 20.1. The van der Waals surface area contributed by atoms with Crippen molar-refractivity contribution in [1.82, 2.24) is 0 Å². The van der Waals surface area contributed by atoms with Crippen LogP contribution in [0.4, 0.5) is 5.69 Å². The number of anilines is 1. The number of halogens is 1. The molecule has 0 aromatic heterocycles. The number of nitrogens with zero attached hydrogens (tertiary/aromatic N) is 1. The summed E-state index contributed by atoms with van der Waals surface area (Å²) in [6, 6.07) is 19.2. The number of ether oxygens (including phenoxy) is 2. The average Bonchev–Trinajstić information content (AvgIpc) is 3.07. The minimum Gasteiger partial charge on any atom is -0.493 e. The maximum atomic E-state index is 13.0. The van der Waals surface area contributed by atoms with Crippen LogP contribution in [0.3, 0.4) is 0 Å². The maximum Gasteiger partial charge on any atom is 0.343 e. The monoisotopic (exact) mass is 495 g/mol. The van der Waals surface area contributed by atoms with E-state index in [1.54, 1.807) is 66.7 Å². The van der Waals surface area contributed by atoms with E-state index in [4.69, 9.17) is 33.3 Å². The van der Waals surface area contributed by atoms with Crippen molar-refractivity contribution in [2.75, 3.05) is 12.0 Å². The lowest BCUT2D eigenvalue weighted by Crippen LogP contribution is -2.27. The van der Waals surface area contributed by atoms with Crippen molar-refractivity contribution in [3.63, 3.8) is 0 Å². The number of carbonyl (C=O) groups is 2. The molecule has 166 valence electrons. The summed E-state index contributed by atoms with van der Waals surface area (Å²) in [5.41, 5.74) is 2.73. The molecule has 8 heteroatoms. The molecule has 4 rings (SSSR count).